The molecule has 0 saturated carbocycles. The number of rotatable bonds is 3. The van der Waals surface area contributed by atoms with E-state index in [1.165, 1.54) is 17.4 Å². The number of nitrogens with zero attached hydrogens (tertiary/aromatic N) is 2. The lowest BCUT2D eigenvalue weighted by Crippen LogP contribution is -2.26. The fourth-order valence-electron chi connectivity index (χ4n) is 1.74. The van der Waals surface area contributed by atoms with E-state index in [0.717, 1.165) is 11.2 Å². The number of thiazole rings is 1. The molecule has 0 bridgehead atoms. The Morgan fingerprint density at radius 1 is 1.33 bits per heavy atom. The lowest BCUT2D eigenvalue weighted by molar-refractivity contribution is 0.0943. The molecule has 0 aliphatic rings. The Bertz CT molecular complexity index is 648. The third-order valence-electron chi connectivity index (χ3n) is 2.94. The molecule has 0 aliphatic heterocycles. The molecule has 1 N–H and O–H groups in total. The van der Waals surface area contributed by atoms with Crippen LogP contribution < -0.4 is 5.32 Å². The fourth-order valence-corrected chi connectivity index (χ4v) is 2.62. The summed E-state index contributed by atoms with van der Waals surface area (Å²) in [6.45, 7) is 7.94. The van der Waals surface area contributed by atoms with Gasteiger partial charge in [0.25, 0.3) is 5.91 Å². The molecule has 0 radical (unpaired) electrons. The third-order valence-corrected chi connectivity index (χ3v) is 4.37. The first-order valence-corrected chi connectivity index (χ1v) is 7.46. The van der Waals surface area contributed by atoms with Crippen LogP contribution in [0.3, 0.4) is 0 Å². The van der Waals surface area contributed by atoms with E-state index in [1.54, 1.807) is 19.3 Å². The van der Waals surface area contributed by atoms with Crippen molar-refractivity contribution in [3.63, 3.8) is 0 Å². The van der Waals surface area contributed by atoms with Crippen molar-refractivity contribution in [2.75, 3.05) is 0 Å². The largest absolute Gasteiger partial charge is 0.345 e. The number of amides is 1. The van der Waals surface area contributed by atoms with Crippen molar-refractivity contribution in [2.24, 2.45) is 0 Å². The van der Waals surface area contributed by atoms with E-state index in [4.69, 9.17) is 0 Å². The van der Waals surface area contributed by atoms with E-state index < -0.39 is 5.82 Å². The summed E-state index contributed by atoms with van der Waals surface area (Å²) in [5, 5.41) is 3.74. The highest BCUT2D eigenvalue weighted by Gasteiger charge is 2.21. The van der Waals surface area contributed by atoms with Crippen molar-refractivity contribution in [3.8, 4) is 0 Å². The van der Waals surface area contributed by atoms with Crippen LogP contribution in [0.15, 0.2) is 24.7 Å². The second-order valence-electron chi connectivity index (χ2n) is 5.91. The van der Waals surface area contributed by atoms with Gasteiger partial charge in [0.15, 0.2) is 0 Å². The van der Waals surface area contributed by atoms with Gasteiger partial charge >= 0.3 is 0 Å². The summed E-state index contributed by atoms with van der Waals surface area (Å²) in [6.07, 6.45) is 4.26. The van der Waals surface area contributed by atoms with Crippen molar-refractivity contribution in [1.29, 1.82) is 0 Å². The maximum Gasteiger partial charge on any atom is 0.263 e. The van der Waals surface area contributed by atoms with Gasteiger partial charge in [-0.2, -0.15) is 0 Å². The molecule has 1 atom stereocenters. The molecular formula is C15H18FN3OS. The molecule has 1 amide bonds. The minimum Gasteiger partial charge on any atom is -0.345 e. The average Bonchev–Trinajstić information content (AvgIpc) is 2.88. The van der Waals surface area contributed by atoms with E-state index in [9.17, 15) is 9.18 Å². The molecule has 2 rings (SSSR count). The second kappa shape index (κ2) is 5.89. The van der Waals surface area contributed by atoms with E-state index in [2.05, 4.69) is 36.1 Å². The minimum atomic E-state index is -0.415. The molecule has 21 heavy (non-hydrogen) atoms. The molecule has 1 unspecified atom stereocenters. The van der Waals surface area contributed by atoms with Crippen LogP contribution in [-0.2, 0) is 5.41 Å². The number of carbonyl (C=O) groups is 1. The summed E-state index contributed by atoms with van der Waals surface area (Å²) in [6, 6.07) is 1.05. The first kappa shape index (κ1) is 15.6. The van der Waals surface area contributed by atoms with Crippen LogP contribution in [0.25, 0.3) is 0 Å². The SMILES string of the molecule is CC(NC(=O)c1cnc(C(C)(C)C)s1)c1cncc(F)c1. The third kappa shape index (κ3) is 3.85. The summed E-state index contributed by atoms with van der Waals surface area (Å²) in [4.78, 5) is 20.8. The predicted molar refractivity (Wildman–Crippen MR) is 80.9 cm³/mol. The summed E-state index contributed by atoms with van der Waals surface area (Å²) >= 11 is 1.38. The number of halogens is 1. The number of nitrogens with one attached hydrogen (secondary N) is 1. The first-order valence-electron chi connectivity index (χ1n) is 6.65. The van der Waals surface area contributed by atoms with Crippen LogP contribution >= 0.6 is 11.3 Å². The van der Waals surface area contributed by atoms with Crippen molar-refractivity contribution in [1.82, 2.24) is 15.3 Å². The molecule has 0 aliphatic carbocycles. The van der Waals surface area contributed by atoms with E-state index >= 15 is 0 Å². The maximum absolute atomic E-state index is 13.1. The molecular weight excluding hydrogens is 289 g/mol. The summed E-state index contributed by atoms with van der Waals surface area (Å²) in [5.41, 5.74) is 0.547. The van der Waals surface area contributed by atoms with Gasteiger partial charge in [0.2, 0.25) is 0 Å². The maximum atomic E-state index is 13.1. The zero-order chi connectivity index (χ0) is 15.6. The van der Waals surface area contributed by atoms with Gasteiger partial charge in [-0.25, -0.2) is 9.37 Å². The first-order chi connectivity index (χ1) is 9.77. The van der Waals surface area contributed by atoms with Crippen LogP contribution in [0.5, 0.6) is 0 Å². The Labute approximate surface area is 127 Å². The van der Waals surface area contributed by atoms with Gasteiger partial charge in [0.05, 0.1) is 23.4 Å². The van der Waals surface area contributed by atoms with Gasteiger partial charge in [0.1, 0.15) is 10.7 Å². The Hall–Kier alpha value is -1.82. The lowest BCUT2D eigenvalue weighted by Gasteiger charge is -2.14. The van der Waals surface area contributed by atoms with E-state index in [0.29, 0.717) is 10.4 Å². The average molecular weight is 307 g/mol. The number of hydrogen-bond donors (Lipinski definition) is 1. The molecule has 0 spiro atoms. The highest BCUT2D eigenvalue weighted by atomic mass is 32.1. The number of hydrogen-bond acceptors (Lipinski definition) is 4. The smallest absolute Gasteiger partial charge is 0.263 e. The molecule has 6 heteroatoms. The molecule has 0 aromatic carbocycles. The monoisotopic (exact) mass is 307 g/mol. The van der Waals surface area contributed by atoms with Crippen LogP contribution in [-0.4, -0.2) is 15.9 Å². The zero-order valence-corrected chi connectivity index (χ0v) is 13.3. The summed E-state index contributed by atoms with van der Waals surface area (Å²) in [5.74, 6) is -0.624. The van der Waals surface area contributed by atoms with Crippen molar-refractivity contribution < 1.29 is 9.18 Å². The lowest BCUT2D eigenvalue weighted by atomic mass is 9.98. The highest BCUT2D eigenvalue weighted by Crippen LogP contribution is 2.27. The van der Waals surface area contributed by atoms with Gasteiger partial charge in [-0.15, -0.1) is 11.3 Å². The number of pyridine rings is 1. The van der Waals surface area contributed by atoms with Crippen molar-refractivity contribution in [2.45, 2.75) is 39.2 Å². The van der Waals surface area contributed by atoms with Crippen LogP contribution in [0.1, 0.15) is 54.0 Å². The Morgan fingerprint density at radius 3 is 2.62 bits per heavy atom. The molecule has 2 aromatic heterocycles. The molecule has 112 valence electrons. The Kier molecular flexibility index (Phi) is 4.37. The molecule has 0 saturated heterocycles. The standard InChI is InChI=1S/C15H18FN3OS/c1-9(10-5-11(16)7-17-6-10)19-13(20)12-8-18-14(21-12)15(2,3)4/h5-9H,1-4H3,(H,19,20). The van der Waals surface area contributed by atoms with Gasteiger partial charge in [0, 0.05) is 11.6 Å². The zero-order valence-electron chi connectivity index (χ0n) is 12.5. The van der Waals surface area contributed by atoms with Gasteiger partial charge < -0.3 is 5.32 Å². The number of aromatic nitrogens is 2. The van der Waals surface area contributed by atoms with Crippen molar-refractivity contribution >= 4 is 17.2 Å². The highest BCUT2D eigenvalue weighted by molar-refractivity contribution is 7.13. The Balaban J connectivity index is 2.09. The van der Waals surface area contributed by atoms with Crippen LogP contribution in [0, 0.1) is 5.82 Å². The van der Waals surface area contributed by atoms with E-state index in [-0.39, 0.29) is 17.4 Å². The number of carbonyl (C=O) groups excluding carboxylic acids is 1. The fraction of sp³-hybridized carbons (Fsp3) is 0.400. The molecule has 4 nitrogen and oxygen atoms in total. The summed E-state index contributed by atoms with van der Waals surface area (Å²) < 4.78 is 13.1. The topological polar surface area (TPSA) is 54.9 Å². The summed E-state index contributed by atoms with van der Waals surface area (Å²) in [7, 11) is 0. The Morgan fingerprint density at radius 2 is 2.05 bits per heavy atom. The molecule has 2 aromatic rings. The van der Waals surface area contributed by atoms with Gasteiger partial charge in [-0.3, -0.25) is 9.78 Å². The van der Waals surface area contributed by atoms with Crippen molar-refractivity contribution in [3.05, 3.63) is 45.9 Å². The normalized spacial score (nSPS) is 13.0. The quantitative estimate of drug-likeness (QED) is 0.944. The van der Waals surface area contributed by atoms with Gasteiger partial charge in [-0.1, -0.05) is 20.8 Å². The predicted octanol–water partition coefficient (Wildman–Crippen LogP) is 3.47. The van der Waals surface area contributed by atoms with E-state index in [1.807, 2.05) is 0 Å². The van der Waals surface area contributed by atoms with Gasteiger partial charge in [-0.05, 0) is 18.6 Å². The second-order valence-corrected chi connectivity index (χ2v) is 6.94. The van der Waals surface area contributed by atoms with Crippen LogP contribution in [0.2, 0.25) is 0 Å². The van der Waals surface area contributed by atoms with Crippen LogP contribution in [0.4, 0.5) is 4.39 Å². The molecule has 2 heterocycles. The minimum absolute atomic E-state index is 0.0821. The molecule has 0 fully saturated rings.